The molecule has 1 amide bonds. The number of amides is 1. The van der Waals surface area contributed by atoms with Gasteiger partial charge in [-0.1, -0.05) is 6.92 Å². The first-order valence-electron chi connectivity index (χ1n) is 5.61. The molecule has 0 fully saturated rings. The third-order valence-corrected chi connectivity index (χ3v) is 3.72. The van der Waals surface area contributed by atoms with Crippen molar-refractivity contribution in [2.45, 2.75) is 19.9 Å². The summed E-state index contributed by atoms with van der Waals surface area (Å²) in [5, 5.41) is 7.60. The van der Waals surface area contributed by atoms with Crippen molar-refractivity contribution in [1.82, 2.24) is 20.1 Å². The Labute approximate surface area is 109 Å². The van der Waals surface area contributed by atoms with Gasteiger partial charge in [-0.2, -0.15) is 5.10 Å². The topological polar surface area (TPSA) is 85.8 Å². The lowest BCUT2D eigenvalue weighted by Gasteiger charge is -2.02. The zero-order chi connectivity index (χ0) is 13.1. The second-order valence-corrected chi connectivity index (χ2v) is 5.02. The highest BCUT2D eigenvalue weighted by Gasteiger charge is 2.13. The van der Waals surface area contributed by atoms with Gasteiger partial charge in [0.2, 0.25) is 0 Å². The van der Waals surface area contributed by atoms with E-state index in [4.69, 9.17) is 5.73 Å². The number of nitrogens with two attached hydrogens (primary N) is 1. The molecule has 0 atom stereocenters. The van der Waals surface area contributed by atoms with E-state index in [9.17, 15) is 4.79 Å². The predicted octanol–water partition coefficient (Wildman–Crippen LogP) is 0.951. The first-order valence-corrected chi connectivity index (χ1v) is 6.42. The molecule has 0 aromatic carbocycles. The summed E-state index contributed by atoms with van der Waals surface area (Å²) in [7, 11) is 1.69. The SMILES string of the molecule is CCc1cnc(CNC(=O)c2cnn(C)c2N)s1. The van der Waals surface area contributed by atoms with Crippen LogP contribution in [0.2, 0.25) is 0 Å². The van der Waals surface area contributed by atoms with Crippen molar-refractivity contribution in [1.29, 1.82) is 0 Å². The number of aryl methyl sites for hydroxylation is 2. The third-order valence-electron chi connectivity index (χ3n) is 2.58. The third kappa shape index (κ3) is 2.51. The Balaban J connectivity index is 1.98. The summed E-state index contributed by atoms with van der Waals surface area (Å²) < 4.78 is 1.47. The number of hydrogen-bond acceptors (Lipinski definition) is 5. The Hall–Kier alpha value is -1.89. The van der Waals surface area contributed by atoms with Crippen LogP contribution in [0.3, 0.4) is 0 Å². The molecule has 0 aliphatic rings. The molecule has 0 aliphatic carbocycles. The summed E-state index contributed by atoms with van der Waals surface area (Å²) in [5.41, 5.74) is 6.12. The quantitative estimate of drug-likeness (QED) is 0.862. The van der Waals surface area contributed by atoms with Gasteiger partial charge in [-0.05, 0) is 6.42 Å². The molecule has 0 unspecified atom stereocenters. The highest BCUT2D eigenvalue weighted by Crippen LogP contribution is 2.14. The molecule has 2 heterocycles. The van der Waals surface area contributed by atoms with Crippen molar-refractivity contribution in [3.8, 4) is 0 Å². The minimum absolute atomic E-state index is 0.228. The molecular formula is C11H15N5OS. The van der Waals surface area contributed by atoms with Crippen molar-refractivity contribution in [3.63, 3.8) is 0 Å². The van der Waals surface area contributed by atoms with Crippen molar-refractivity contribution in [3.05, 3.63) is 27.8 Å². The lowest BCUT2D eigenvalue weighted by atomic mass is 10.3. The van der Waals surface area contributed by atoms with Gasteiger partial charge in [0.1, 0.15) is 16.4 Å². The van der Waals surface area contributed by atoms with E-state index in [0.717, 1.165) is 11.4 Å². The van der Waals surface area contributed by atoms with E-state index in [0.29, 0.717) is 17.9 Å². The number of hydrogen-bond donors (Lipinski definition) is 2. The van der Waals surface area contributed by atoms with Crippen molar-refractivity contribution in [2.24, 2.45) is 7.05 Å². The van der Waals surface area contributed by atoms with Gasteiger partial charge >= 0.3 is 0 Å². The van der Waals surface area contributed by atoms with Gasteiger partial charge in [-0.15, -0.1) is 11.3 Å². The predicted molar refractivity (Wildman–Crippen MR) is 70.3 cm³/mol. The van der Waals surface area contributed by atoms with Gasteiger partial charge in [0, 0.05) is 18.1 Å². The van der Waals surface area contributed by atoms with E-state index in [1.165, 1.54) is 15.8 Å². The van der Waals surface area contributed by atoms with Crippen LogP contribution in [0.15, 0.2) is 12.4 Å². The van der Waals surface area contributed by atoms with E-state index in [1.807, 2.05) is 6.20 Å². The summed E-state index contributed by atoms with van der Waals surface area (Å²) in [6.07, 6.45) is 4.26. The summed E-state index contributed by atoms with van der Waals surface area (Å²) >= 11 is 1.60. The lowest BCUT2D eigenvalue weighted by molar-refractivity contribution is 0.0951. The van der Waals surface area contributed by atoms with Gasteiger partial charge in [0.25, 0.3) is 5.91 Å². The molecule has 0 bridgehead atoms. The zero-order valence-corrected chi connectivity index (χ0v) is 11.1. The van der Waals surface area contributed by atoms with Crippen LogP contribution >= 0.6 is 11.3 Å². The molecule has 0 saturated carbocycles. The van der Waals surface area contributed by atoms with Crippen LogP contribution in [0.25, 0.3) is 0 Å². The molecule has 0 spiro atoms. The molecule has 2 aromatic rings. The summed E-state index contributed by atoms with van der Waals surface area (Å²) in [5.74, 6) is 0.134. The van der Waals surface area contributed by atoms with Gasteiger partial charge in [0.05, 0.1) is 12.7 Å². The average Bonchev–Trinajstić information content (AvgIpc) is 2.95. The average molecular weight is 265 g/mol. The van der Waals surface area contributed by atoms with E-state index < -0.39 is 0 Å². The van der Waals surface area contributed by atoms with Crippen LogP contribution in [-0.4, -0.2) is 20.7 Å². The van der Waals surface area contributed by atoms with Gasteiger partial charge < -0.3 is 11.1 Å². The highest BCUT2D eigenvalue weighted by molar-refractivity contribution is 7.11. The molecule has 18 heavy (non-hydrogen) atoms. The molecular weight excluding hydrogens is 250 g/mol. The number of carbonyl (C=O) groups is 1. The van der Waals surface area contributed by atoms with E-state index >= 15 is 0 Å². The van der Waals surface area contributed by atoms with Crippen LogP contribution in [0, 0.1) is 0 Å². The minimum atomic E-state index is -0.228. The fourth-order valence-corrected chi connectivity index (χ4v) is 2.27. The largest absolute Gasteiger partial charge is 0.383 e. The molecule has 0 radical (unpaired) electrons. The normalized spacial score (nSPS) is 10.6. The first-order chi connectivity index (χ1) is 8.61. The summed E-state index contributed by atoms with van der Waals surface area (Å²) in [6, 6.07) is 0. The second-order valence-electron chi connectivity index (χ2n) is 3.82. The smallest absolute Gasteiger partial charge is 0.257 e. The maximum Gasteiger partial charge on any atom is 0.257 e. The van der Waals surface area contributed by atoms with Crippen molar-refractivity contribution >= 4 is 23.1 Å². The number of anilines is 1. The maximum absolute atomic E-state index is 11.9. The number of rotatable bonds is 4. The number of aromatic nitrogens is 3. The van der Waals surface area contributed by atoms with Gasteiger partial charge in [0.15, 0.2) is 0 Å². The number of nitrogens with one attached hydrogen (secondary N) is 1. The summed E-state index contributed by atoms with van der Waals surface area (Å²) in [6.45, 7) is 2.49. The number of thiazole rings is 1. The fraction of sp³-hybridized carbons (Fsp3) is 0.364. The fourth-order valence-electron chi connectivity index (χ4n) is 1.47. The van der Waals surface area contributed by atoms with Crippen molar-refractivity contribution < 1.29 is 4.79 Å². The molecule has 96 valence electrons. The molecule has 0 aliphatic heterocycles. The van der Waals surface area contributed by atoms with E-state index in [-0.39, 0.29) is 5.91 Å². The highest BCUT2D eigenvalue weighted by atomic mass is 32.1. The van der Waals surface area contributed by atoms with Crippen LogP contribution in [0.1, 0.15) is 27.2 Å². The standard InChI is InChI=1S/C11H15N5OS/c1-3-7-4-13-9(18-7)6-14-11(17)8-5-15-16(2)10(8)12/h4-5H,3,6,12H2,1-2H3,(H,14,17). The summed E-state index contributed by atoms with van der Waals surface area (Å²) in [4.78, 5) is 17.3. The lowest BCUT2D eigenvalue weighted by Crippen LogP contribution is -2.23. The van der Waals surface area contributed by atoms with Gasteiger partial charge in [-0.25, -0.2) is 4.98 Å². The molecule has 7 heteroatoms. The van der Waals surface area contributed by atoms with E-state index in [1.54, 1.807) is 18.4 Å². The Morgan fingerprint density at radius 1 is 1.56 bits per heavy atom. The Morgan fingerprint density at radius 3 is 2.89 bits per heavy atom. The van der Waals surface area contributed by atoms with E-state index in [2.05, 4.69) is 22.3 Å². The molecule has 6 nitrogen and oxygen atoms in total. The minimum Gasteiger partial charge on any atom is -0.383 e. The number of carbonyl (C=O) groups excluding carboxylic acids is 1. The van der Waals surface area contributed by atoms with Crippen LogP contribution in [0.5, 0.6) is 0 Å². The Morgan fingerprint density at radius 2 is 2.33 bits per heavy atom. The Kier molecular flexibility index (Phi) is 3.61. The zero-order valence-electron chi connectivity index (χ0n) is 10.3. The number of nitrogens with zero attached hydrogens (tertiary/aromatic N) is 3. The van der Waals surface area contributed by atoms with Crippen LogP contribution < -0.4 is 11.1 Å². The molecule has 2 aromatic heterocycles. The molecule has 0 saturated heterocycles. The molecule has 2 rings (SSSR count). The molecule has 3 N–H and O–H groups in total. The first kappa shape index (κ1) is 12.6. The van der Waals surface area contributed by atoms with Gasteiger partial charge in [-0.3, -0.25) is 9.48 Å². The number of nitrogen functional groups attached to an aromatic ring is 1. The second kappa shape index (κ2) is 5.18. The van der Waals surface area contributed by atoms with Crippen LogP contribution in [-0.2, 0) is 20.0 Å². The monoisotopic (exact) mass is 265 g/mol. The maximum atomic E-state index is 11.9. The Bertz CT molecular complexity index is 560. The van der Waals surface area contributed by atoms with Crippen LogP contribution in [0.4, 0.5) is 5.82 Å². The van der Waals surface area contributed by atoms with Crippen molar-refractivity contribution in [2.75, 3.05) is 5.73 Å².